The molecule has 0 heterocycles. The van der Waals surface area contributed by atoms with Crippen LogP contribution >= 0.6 is 0 Å². The van der Waals surface area contributed by atoms with Crippen LogP contribution in [0.5, 0.6) is 0 Å². The van der Waals surface area contributed by atoms with Crippen LogP contribution < -0.4 is 0 Å². The number of carboxylic acid groups (broad SMARTS) is 1. The number of carbonyl (C=O) groups is 3. The average Bonchev–Trinajstić information content (AvgIpc) is 2.38. The lowest BCUT2D eigenvalue weighted by molar-refractivity contribution is -0.149. The predicted octanol–water partition coefficient (Wildman–Crippen LogP) is 0.787. The molecule has 1 saturated carbocycles. The molecule has 1 fully saturated rings. The lowest BCUT2D eigenvalue weighted by atomic mass is 9.75. The quantitative estimate of drug-likeness (QED) is 0.645. The van der Waals surface area contributed by atoms with Crippen molar-refractivity contribution in [3.63, 3.8) is 0 Å². The predicted molar refractivity (Wildman–Crippen MR) is 72.2 cm³/mol. The third kappa shape index (κ3) is 5.79. The van der Waals surface area contributed by atoms with Gasteiger partial charge >= 0.3 is 5.97 Å². The number of aliphatic hydroxyl groups excluding tert-OH is 2. The first kappa shape index (κ1) is 18.7. The van der Waals surface area contributed by atoms with Crippen LogP contribution in [0.25, 0.3) is 0 Å². The molecule has 0 bridgehead atoms. The summed E-state index contributed by atoms with van der Waals surface area (Å²) in [6, 6.07) is 0. The summed E-state index contributed by atoms with van der Waals surface area (Å²) in [4.78, 5) is 31.0. The van der Waals surface area contributed by atoms with Crippen LogP contribution in [0.4, 0.5) is 0 Å². The minimum absolute atomic E-state index is 0.127. The molecular formula is C14H24O6. The molecule has 0 aromatic heterocycles. The Morgan fingerprint density at radius 3 is 1.50 bits per heavy atom. The molecule has 0 aromatic carbocycles. The monoisotopic (exact) mass is 288 g/mol. The summed E-state index contributed by atoms with van der Waals surface area (Å²) in [6.07, 6.45) is 5.60. The number of carbonyl (C=O) groups excluding carboxylic acids is 2. The van der Waals surface area contributed by atoms with Crippen molar-refractivity contribution in [3.8, 4) is 0 Å². The molecule has 0 saturated heterocycles. The normalized spacial score (nSPS) is 17.1. The van der Waals surface area contributed by atoms with Gasteiger partial charge in [-0.3, -0.25) is 14.4 Å². The smallest absolute Gasteiger partial charge is 0.321 e. The Labute approximate surface area is 118 Å². The van der Waals surface area contributed by atoms with E-state index in [2.05, 4.69) is 0 Å². The van der Waals surface area contributed by atoms with Crippen LogP contribution in [0.3, 0.4) is 0 Å². The molecule has 3 N–H and O–H groups in total. The Morgan fingerprint density at radius 1 is 0.950 bits per heavy atom. The second-order valence-corrected chi connectivity index (χ2v) is 5.37. The fraction of sp³-hybridized carbons (Fsp3) is 0.786. The highest BCUT2D eigenvalue weighted by Crippen LogP contribution is 2.34. The number of rotatable bonds is 5. The van der Waals surface area contributed by atoms with Crippen molar-refractivity contribution in [2.75, 3.05) is 13.2 Å². The van der Waals surface area contributed by atoms with Crippen LogP contribution in [0, 0.1) is 11.3 Å². The first-order chi connectivity index (χ1) is 9.29. The highest BCUT2D eigenvalue weighted by molar-refractivity contribution is 6.15. The number of ketones is 2. The van der Waals surface area contributed by atoms with Crippen LogP contribution in [0.1, 0.15) is 46.0 Å². The fourth-order valence-electron chi connectivity index (χ4n) is 2.30. The van der Waals surface area contributed by atoms with Gasteiger partial charge in [0.1, 0.15) is 0 Å². The van der Waals surface area contributed by atoms with Crippen molar-refractivity contribution < 1.29 is 29.7 Å². The number of Topliss-reactive ketones (excluding diaryl/α,β-unsaturated/α-hetero) is 2. The number of aliphatic carboxylic acids is 1. The van der Waals surface area contributed by atoms with Crippen LogP contribution in [0.2, 0.25) is 0 Å². The molecule has 0 aromatic rings. The fourth-order valence-corrected chi connectivity index (χ4v) is 2.30. The largest absolute Gasteiger partial charge is 0.480 e. The Balaban J connectivity index is 0.000000361. The molecule has 1 aliphatic rings. The zero-order chi connectivity index (χ0) is 15.8. The Kier molecular flexibility index (Phi) is 8.25. The Morgan fingerprint density at radius 2 is 1.35 bits per heavy atom. The van der Waals surface area contributed by atoms with E-state index in [-0.39, 0.29) is 18.6 Å². The van der Waals surface area contributed by atoms with Crippen molar-refractivity contribution in [1.82, 2.24) is 0 Å². The van der Waals surface area contributed by atoms with Crippen LogP contribution in [-0.4, -0.2) is 46.1 Å². The van der Waals surface area contributed by atoms with Gasteiger partial charge in [-0.05, 0) is 26.7 Å². The van der Waals surface area contributed by atoms with Gasteiger partial charge in [0.05, 0.1) is 13.2 Å². The molecule has 0 atom stereocenters. The van der Waals surface area contributed by atoms with E-state index in [0.717, 1.165) is 26.7 Å². The summed E-state index contributed by atoms with van der Waals surface area (Å²) in [6.45, 7) is 2.48. The van der Waals surface area contributed by atoms with E-state index in [1.165, 1.54) is 19.3 Å². The summed E-state index contributed by atoms with van der Waals surface area (Å²) >= 11 is 0. The van der Waals surface area contributed by atoms with E-state index in [4.69, 9.17) is 15.3 Å². The first-order valence-corrected chi connectivity index (χ1v) is 6.75. The van der Waals surface area contributed by atoms with Crippen molar-refractivity contribution in [1.29, 1.82) is 0 Å². The molecule has 6 heteroatoms. The second-order valence-electron chi connectivity index (χ2n) is 5.37. The van der Waals surface area contributed by atoms with Gasteiger partial charge in [-0.2, -0.15) is 0 Å². The zero-order valence-electron chi connectivity index (χ0n) is 12.1. The topological polar surface area (TPSA) is 112 Å². The van der Waals surface area contributed by atoms with Gasteiger partial charge in [0, 0.05) is 5.41 Å². The summed E-state index contributed by atoms with van der Waals surface area (Å²) in [7, 11) is 0. The highest BCUT2D eigenvalue weighted by Gasteiger charge is 2.30. The van der Waals surface area contributed by atoms with Gasteiger partial charge in [0.15, 0.2) is 17.5 Å². The van der Waals surface area contributed by atoms with Gasteiger partial charge in [0.2, 0.25) is 0 Å². The molecule has 0 unspecified atom stereocenters. The van der Waals surface area contributed by atoms with Gasteiger partial charge in [-0.1, -0.05) is 19.3 Å². The number of aliphatic hydroxyl groups is 2. The first-order valence-electron chi connectivity index (χ1n) is 6.75. The number of hydrogen-bond acceptors (Lipinski definition) is 5. The molecule has 0 amide bonds. The summed E-state index contributed by atoms with van der Waals surface area (Å²) in [5, 5.41) is 26.2. The minimum Gasteiger partial charge on any atom is -0.480 e. The van der Waals surface area contributed by atoms with E-state index in [0.29, 0.717) is 0 Å². The van der Waals surface area contributed by atoms with E-state index in [9.17, 15) is 14.4 Å². The van der Waals surface area contributed by atoms with Crippen molar-refractivity contribution in [2.45, 2.75) is 46.0 Å². The third-order valence-electron chi connectivity index (χ3n) is 3.65. The molecule has 20 heavy (non-hydrogen) atoms. The molecule has 116 valence electrons. The molecule has 0 radical (unpaired) electrons. The minimum atomic E-state index is -1.47. The maximum Gasteiger partial charge on any atom is 0.321 e. The number of hydrogen-bond donors (Lipinski definition) is 3. The standard InChI is InChI=1S/C8H16O2.C6H8O4/c9-6-8(7-10)4-2-1-3-5-8;1-3(7)5(4(2)8)6(9)10/h9-10H,1-7H2;5H,1-2H3,(H,9,10). The SMILES string of the molecule is CC(=O)C(C(C)=O)C(=O)O.OCC1(CO)CCCCC1. The maximum absolute atomic E-state index is 10.4. The zero-order valence-corrected chi connectivity index (χ0v) is 12.1. The summed E-state index contributed by atoms with van der Waals surface area (Å²) in [5.74, 6) is -4.10. The van der Waals surface area contributed by atoms with E-state index >= 15 is 0 Å². The molecule has 1 rings (SSSR count). The van der Waals surface area contributed by atoms with Gasteiger partial charge in [-0.15, -0.1) is 0 Å². The molecular weight excluding hydrogens is 264 g/mol. The highest BCUT2D eigenvalue weighted by atomic mass is 16.4. The molecule has 0 aliphatic heterocycles. The van der Waals surface area contributed by atoms with Gasteiger partial charge in [-0.25, -0.2) is 0 Å². The van der Waals surface area contributed by atoms with E-state index < -0.39 is 23.5 Å². The van der Waals surface area contributed by atoms with Crippen molar-refractivity contribution >= 4 is 17.5 Å². The number of carboxylic acids is 1. The van der Waals surface area contributed by atoms with Crippen molar-refractivity contribution in [2.24, 2.45) is 11.3 Å². The Hall–Kier alpha value is -1.27. The lowest BCUT2D eigenvalue weighted by Gasteiger charge is -2.33. The molecule has 1 aliphatic carbocycles. The van der Waals surface area contributed by atoms with Gasteiger partial charge < -0.3 is 15.3 Å². The van der Waals surface area contributed by atoms with Crippen LogP contribution in [-0.2, 0) is 14.4 Å². The van der Waals surface area contributed by atoms with E-state index in [1.54, 1.807) is 0 Å². The second kappa shape index (κ2) is 8.81. The Bertz CT molecular complexity index is 304. The van der Waals surface area contributed by atoms with Crippen molar-refractivity contribution in [3.05, 3.63) is 0 Å². The average molecular weight is 288 g/mol. The molecule has 0 spiro atoms. The van der Waals surface area contributed by atoms with Gasteiger partial charge in [0.25, 0.3) is 0 Å². The molecule has 6 nitrogen and oxygen atoms in total. The van der Waals surface area contributed by atoms with E-state index in [1.807, 2.05) is 0 Å². The summed E-state index contributed by atoms with van der Waals surface area (Å²) < 4.78 is 0. The van der Waals surface area contributed by atoms with Crippen LogP contribution in [0.15, 0.2) is 0 Å². The maximum atomic E-state index is 10.4. The summed E-state index contributed by atoms with van der Waals surface area (Å²) in [5.41, 5.74) is -0.127. The third-order valence-corrected chi connectivity index (χ3v) is 3.65. The lowest BCUT2D eigenvalue weighted by Crippen LogP contribution is -2.31.